The van der Waals surface area contributed by atoms with Crippen LogP contribution in [0, 0.1) is 18.8 Å². The maximum atomic E-state index is 13.3. The molecule has 3 aromatic heterocycles. The van der Waals surface area contributed by atoms with Crippen molar-refractivity contribution < 1.29 is 9.59 Å². The second kappa shape index (κ2) is 9.07. The number of nitrogens with one attached hydrogen (secondary N) is 3. The van der Waals surface area contributed by atoms with Gasteiger partial charge in [-0.15, -0.1) is 21.5 Å². The number of pyridine rings is 1. The molecule has 0 bridgehead atoms. The molecule has 3 aromatic rings. The van der Waals surface area contributed by atoms with Gasteiger partial charge in [0.2, 0.25) is 11.9 Å². The third kappa shape index (κ3) is 4.80. The van der Waals surface area contributed by atoms with Gasteiger partial charge in [0.1, 0.15) is 11.3 Å². The summed E-state index contributed by atoms with van der Waals surface area (Å²) in [5.41, 5.74) is 3.61. The lowest BCUT2D eigenvalue weighted by atomic mass is 9.91. The molecule has 3 N–H and O–H groups in total. The number of carbonyl (C=O) groups excluding carboxylic acids is 2. The molecule has 2 amide bonds. The zero-order valence-electron chi connectivity index (χ0n) is 19.7. The van der Waals surface area contributed by atoms with Gasteiger partial charge < -0.3 is 16.0 Å². The van der Waals surface area contributed by atoms with Crippen LogP contribution in [0.3, 0.4) is 0 Å². The number of fused-ring (bicyclic) bond motifs is 1. The van der Waals surface area contributed by atoms with E-state index in [0.717, 1.165) is 42.5 Å². The van der Waals surface area contributed by atoms with E-state index in [4.69, 9.17) is 0 Å². The summed E-state index contributed by atoms with van der Waals surface area (Å²) >= 11 is 1.56. The van der Waals surface area contributed by atoms with E-state index in [0.29, 0.717) is 35.4 Å². The van der Waals surface area contributed by atoms with Gasteiger partial charge in [-0.2, -0.15) is 0 Å². The highest BCUT2D eigenvalue weighted by molar-refractivity contribution is 7.17. The second-order valence-corrected chi connectivity index (χ2v) is 11.1. The van der Waals surface area contributed by atoms with E-state index in [1.54, 1.807) is 23.9 Å². The Hall–Kier alpha value is -3.27. The van der Waals surface area contributed by atoms with E-state index in [9.17, 15) is 9.59 Å². The van der Waals surface area contributed by atoms with E-state index in [-0.39, 0.29) is 23.8 Å². The summed E-state index contributed by atoms with van der Waals surface area (Å²) in [5.74, 6) is 1.30. The fourth-order valence-electron chi connectivity index (χ4n) is 4.69. The number of nitrogens with zero attached hydrogens (tertiary/aromatic N) is 4. The normalized spacial score (nSPS) is 19.2. The van der Waals surface area contributed by atoms with Crippen LogP contribution >= 0.6 is 11.3 Å². The molecule has 0 unspecified atom stereocenters. The highest BCUT2D eigenvalue weighted by Gasteiger charge is 2.35. The van der Waals surface area contributed by atoms with E-state index in [1.165, 1.54) is 17.7 Å². The molecule has 0 spiro atoms. The second-order valence-electron chi connectivity index (χ2n) is 9.96. The first-order valence-electron chi connectivity index (χ1n) is 12.4. The Labute approximate surface area is 207 Å². The molecule has 6 rings (SSSR count). The SMILES string of the molecule is Cc1cncc(Nc2nncn2[C@H]2CCc3sc(NC(=O)C4CC4)c(C(=O)NCC4CC4)c3C2)c1. The fourth-order valence-corrected chi connectivity index (χ4v) is 5.93. The number of hydrogen-bond donors (Lipinski definition) is 3. The maximum Gasteiger partial charge on any atom is 0.254 e. The summed E-state index contributed by atoms with van der Waals surface area (Å²) in [7, 11) is 0. The third-order valence-electron chi connectivity index (χ3n) is 6.99. The number of aromatic nitrogens is 4. The first-order chi connectivity index (χ1) is 17.0. The minimum absolute atomic E-state index is 0.0356. The largest absolute Gasteiger partial charge is 0.352 e. The van der Waals surface area contributed by atoms with E-state index in [1.807, 2.05) is 19.2 Å². The highest BCUT2D eigenvalue weighted by atomic mass is 32.1. The number of amides is 2. The number of carbonyl (C=O) groups is 2. The van der Waals surface area contributed by atoms with Crippen molar-refractivity contribution in [2.24, 2.45) is 11.8 Å². The summed E-state index contributed by atoms with van der Waals surface area (Å²) in [6.07, 6.45) is 12.0. The highest BCUT2D eigenvalue weighted by Crippen LogP contribution is 2.42. The van der Waals surface area contributed by atoms with Crippen molar-refractivity contribution in [2.75, 3.05) is 17.2 Å². The minimum atomic E-state index is -0.0749. The lowest BCUT2D eigenvalue weighted by Gasteiger charge is -2.25. The molecule has 35 heavy (non-hydrogen) atoms. The van der Waals surface area contributed by atoms with Gasteiger partial charge in [-0.25, -0.2) is 0 Å². The minimum Gasteiger partial charge on any atom is -0.352 e. The molecule has 0 aliphatic heterocycles. The monoisotopic (exact) mass is 491 g/mol. The molecule has 0 aromatic carbocycles. The van der Waals surface area contributed by atoms with Crippen molar-refractivity contribution in [1.82, 2.24) is 25.1 Å². The Balaban J connectivity index is 1.27. The predicted molar refractivity (Wildman–Crippen MR) is 134 cm³/mol. The summed E-state index contributed by atoms with van der Waals surface area (Å²) in [6.45, 7) is 2.70. The maximum absolute atomic E-state index is 13.3. The Bertz CT molecular complexity index is 1270. The first-order valence-corrected chi connectivity index (χ1v) is 13.2. The van der Waals surface area contributed by atoms with Crippen molar-refractivity contribution in [3.05, 3.63) is 46.4 Å². The van der Waals surface area contributed by atoms with Crippen LogP contribution in [-0.2, 0) is 17.6 Å². The van der Waals surface area contributed by atoms with Crippen LogP contribution < -0.4 is 16.0 Å². The number of hydrogen-bond acceptors (Lipinski definition) is 7. The van der Waals surface area contributed by atoms with Crippen molar-refractivity contribution in [3.63, 3.8) is 0 Å². The standard InChI is InChI=1S/C25H29N7O2S/c1-14-8-17(12-26-10-14)29-25-31-28-13-32(25)18-6-7-20-19(9-18)21(23(34)27-11-15-2-3-15)24(35-20)30-22(33)16-4-5-16/h8,10,12-13,15-16,18H,2-7,9,11H2,1H3,(H,27,34)(H,29,31)(H,30,33)/t18-/m0/s1. The number of anilines is 3. The lowest BCUT2D eigenvalue weighted by molar-refractivity contribution is -0.117. The van der Waals surface area contributed by atoms with Crippen LogP contribution in [0.15, 0.2) is 24.8 Å². The van der Waals surface area contributed by atoms with Crippen LogP contribution in [0.25, 0.3) is 0 Å². The van der Waals surface area contributed by atoms with Gasteiger partial charge in [-0.05, 0) is 75.0 Å². The summed E-state index contributed by atoms with van der Waals surface area (Å²) in [5, 5.41) is 18.7. The third-order valence-corrected chi connectivity index (χ3v) is 8.20. The molecule has 182 valence electrons. The molecular formula is C25H29N7O2S. The Morgan fingerprint density at radius 2 is 2.03 bits per heavy atom. The molecule has 2 fully saturated rings. The molecule has 9 nitrogen and oxygen atoms in total. The quantitative estimate of drug-likeness (QED) is 0.439. The van der Waals surface area contributed by atoms with Crippen LogP contribution in [0.4, 0.5) is 16.6 Å². The Kier molecular flexibility index (Phi) is 5.75. The van der Waals surface area contributed by atoms with E-state index >= 15 is 0 Å². The topological polar surface area (TPSA) is 114 Å². The first kappa shape index (κ1) is 22.2. The molecule has 0 saturated heterocycles. The Morgan fingerprint density at radius 1 is 1.17 bits per heavy atom. The molecule has 1 atom stereocenters. The summed E-state index contributed by atoms with van der Waals surface area (Å²) < 4.78 is 2.05. The van der Waals surface area contributed by atoms with Crippen molar-refractivity contribution in [3.8, 4) is 0 Å². The van der Waals surface area contributed by atoms with E-state index < -0.39 is 0 Å². The van der Waals surface area contributed by atoms with Gasteiger partial charge in [-0.1, -0.05) is 0 Å². The smallest absolute Gasteiger partial charge is 0.254 e. The molecule has 10 heteroatoms. The van der Waals surface area contributed by atoms with Crippen LogP contribution in [-0.4, -0.2) is 38.1 Å². The average molecular weight is 492 g/mol. The van der Waals surface area contributed by atoms with Gasteiger partial charge in [0.05, 0.1) is 17.4 Å². The number of aryl methyl sites for hydroxylation is 2. The van der Waals surface area contributed by atoms with Gasteiger partial charge in [-0.3, -0.25) is 19.1 Å². The van der Waals surface area contributed by atoms with Gasteiger partial charge in [0, 0.05) is 29.6 Å². The van der Waals surface area contributed by atoms with E-state index in [2.05, 4.69) is 35.7 Å². The molecule has 3 heterocycles. The van der Waals surface area contributed by atoms with Gasteiger partial charge in [0.15, 0.2) is 0 Å². The molecular weight excluding hydrogens is 462 g/mol. The summed E-state index contributed by atoms with van der Waals surface area (Å²) in [6, 6.07) is 2.12. The molecule has 0 radical (unpaired) electrons. The van der Waals surface area contributed by atoms with Crippen LogP contribution in [0.2, 0.25) is 0 Å². The lowest BCUT2D eigenvalue weighted by Crippen LogP contribution is -2.28. The van der Waals surface area contributed by atoms with Crippen LogP contribution in [0.5, 0.6) is 0 Å². The van der Waals surface area contributed by atoms with Crippen molar-refractivity contribution in [1.29, 1.82) is 0 Å². The number of thiophene rings is 1. The average Bonchev–Trinajstić information content (AvgIpc) is 3.77. The van der Waals surface area contributed by atoms with Crippen molar-refractivity contribution >= 4 is 39.8 Å². The van der Waals surface area contributed by atoms with Gasteiger partial charge in [0.25, 0.3) is 5.91 Å². The van der Waals surface area contributed by atoms with Gasteiger partial charge >= 0.3 is 0 Å². The summed E-state index contributed by atoms with van der Waals surface area (Å²) in [4.78, 5) is 31.3. The fraction of sp³-hybridized carbons (Fsp3) is 0.480. The zero-order valence-corrected chi connectivity index (χ0v) is 20.5. The Morgan fingerprint density at radius 3 is 2.80 bits per heavy atom. The zero-order chi connectivity index (χ0) is 23.9. The molecule has 3 aliphatic rings. The number of rotatable bonds is 8. The predicted octanol–water partition coefficient (Wildman–Crippen LogP) is 4.00. The molecule has 3 aliphatic carbocycles. The molecule has 2 saturated carbocycles. The van der Waals surface area contributed by atoms with Crippen LogP contribution in [0.1, 0.15) is 64.5 Å². The van der Waals surface area contributed by atoms with Crippen molar-refractivity contribution in [2.45, 2.75) is 57.9 Å².